The van der Waals surface area contributed by atoms with Gasteiger partial charge in [-0.2, -0.15) is 0 Å². The van der Waals surface area contributed by atoms with Crippen LogP contribution in [0.5, 0.6) is 0 Å². The van der Waals surface area contributed by atoms with E-state index in [9.17, 15) is 0 Å². The Balaban J connectivity index is 2.60. The van der Waals surface area contributed by atoms with E-state index < -0.39 is 0 Å². The quantitative estimate of drug-likeness (QED) is 0.833. The molecule has 2 aromatic rings. The maximum Gasteiger partial charge on any atom is 0.134 e. The van der Waals surface area contributed by atoms with Crippen molar-refractivity contribution in [3.63, 3.8) is 0 Å². The van der Waals surface area contributed by atoms with E-state index in [1.807, 2.05) is 6.07 Å². The molecule has 0 aliphatic rings. The van der Waals surface area contributed by atoms with Crippen molar-refractivity contribution in [2.24, 2.45) is 11.7 Å². The average molecular weight is 217 g/mol. The summed E-state index contributed by atoms with van der Waals surface area (Å²) in [6.07, 6.45) is 0. The van der Waals surface area contributed by atoms with Gasteiger partial charge in [-0.25, -0.2) is 0 Å². The summed E-state index contributed by atoms with van der Waals surface area (Å²) in [6.45, 7) is 8.40. The Hall–Kier alpha value is -1.28. The lowest BCUT2D eigenvalue weighted by atomic mass is 9.99. The summed E-state index contributed by atoms with van der Waals surface area (Å²) in [5.74, 6) is 1.32. The van der Waals surface area contributed by atoms with Gasteiger partial charge in [0.25, 0.3) is 0 Å². The molecule has 2 heteroatoms. The van der Waals surface area contributed by atoms with E-state index in [1.165, 1.54) is 16.5 Å². The maximum absolute atomic E-state index is 6.15. The van der Waals surface area contributed by atoms with Gasteiger partial charge < -0.3 is 10.2 Å². The van der Waals surface area contributed by atoms with E-state index in [4.69, 9.17) is 10.2 Å². The summed E-state index contributed by atoms with van der Waals surface area (Å²) < 4.78 is 5.85. The van der Waals surface area contributed by atoms with Crippen LogP contribution in [-0.2, 0) is 0 Å². The zero-order valence-corrected chi connectivity index (χ0v) is 10.4. The van der Waals surface area contributed by atoms with Crippen LogP contribution < -0.4 is 5.73 Å². The van der Waals surface area contributed by atoms with Gasteiger partial charge in [0.2, 0.25) is 0 Å². The molecule has 0 radical (unpaired) electrons. The third kappa shape index (κ3) is 1.74. The Bertz CT molecular complexity index is 511. The molecule has 0 amide bonds. The Kier molecular flexibility index (Phi) is 2.76. The lowest BCUT2D eigenvalue weighted by Crippen LogP contribution is -2.16. The smallest absolute Gasteiger partial charge is 0.134 e. The summed E-state index contributed by atoms with van der Waals surface area (Å²) >= 11 is 0. The summed E-state index contributed by atoms with van der Waals surface area (Å²) in [6, 6.07) is 6.22. The average Bonchev–Trinajstić information content (AvgIpc) is 2.55. The zero-order valence-electron chi connectivity index (χ0n) is 10.4. The van der Waals surface area contributed by atoms with Crippen molar-refractivity contribution in [2.75, 3.05) is 0 Å². The Morgan fingerprint density at radius 3 is 2.50 bits per heavy atom. The molecule has 0 aliphatic heterocycles. The molecule has 0 saturated heterocycles. The Labute approximate surface area is 96.4 Å². The fourth-order valence-electron chi connectivity index (χ4n) is 1.97. The molecule has 1 aromatic carbocycles. The van der Waals surface area contributed by atoms with Crippen LogP contribution in [0.1, 0.15) is 36.8 Å². The summed E-state index contributed by atoms with van der Waals surface area (Å²) in [5.41, 5.74) is 9.52. The molecule has 0 bridgehead atoms. The third-order valence-corrected chi connectivity index (χ3v) is 3.15. The summed E-state index contributed by atoms with van der Waals surface area (Å²) in [4.78, 5) is 0. The van der Waals surface area contributed by atoms with Crippen molar-refractivity contribution in [3.8, 4) is 0 Å². The molecule has 0 saturated carbocycles. The minimum Gasteiger partial charge on any atom is -0.459 e. The minimum absolute atomic E-state index is 0.0206. The second-order valence-electron chi connectivity index (χ2n) is 4.86. The van der Waals surface area contributed by atoms with Gasteiger partial charge in [-0.1, -0.05) is 25.5 Å². The van der Waals surface area contributed by atoms with Gasteiger partial charge in [-0.3, -0.25) is 0 Å². The molecular formula is C14H19NO. The van der Waals surface area contributed by atoms with Crippen molar-refractivity contribution in [1.29, 1.82) is 0 Å². The largest absolute Gasteiger partial charge is 0.459 e. The van der Waals surface area contributed by atoms with Gasteiger partial charge in [-0.15, -0.1) is 0 Å². The standard InChI is InChI=1S/C14H19NO/c1-8(2)13(15)14-10(4)11-7-9(3)5-6-12(11)16-14/h5-8,13H,15H2,1-4H3. The highest BCUT2D eigenvalue weighted by molar-refractivity contribution is 5.82. The molecule has 1 unspecified atom stereocenters. The molecule has 2 N–H and O–H groups in total. The first-order chi connectivity index (χ1) is 7.50. The summed E-state index contributed by atoms with van der Waals surface area (Å²) in [5, 5.41) is 1.19. The lowest BCUT2D eigenvalue weighted by Gasteiger charge is -2.13. The molecular weight excluding hydrogens is 198 g/mol. The highest BCUT2D eigenvalue weighted by atomic mass is 16.3. The van der Waals surface area contributed by atoms with Gasteiger partial charge in [0.05, 0.1) is 6.04 Å². The Morgan fingerprint density at radius 1 is 1.19 bits per heavy atom. The van der Waals surface area contributed by atoms with E-state index in [0.29, 0.717) is 5.92 Å². The molecule has 2 rings (SSSR count). The fraction of sp³-hybridized carbons (Fsp3) is 0.429. The van der Waals surface area contributed by atoms with Gasteiger partial charge >= 0.3 is 0 Å². The van der Waals surface area contributed by atoms with Crippen LogP contribution in [-0.4, -0.2) is 0 Å². The molecule has 2 nitrogen and oxygen atoms in total. The number of nitrogens with two attached hydrogens (primary N) is 1. The molecule has 1 heterocycles. The van der Waals surface area contributed by atoms with E-state index >= 15 is 0 Å². The van der Waals surface area contributed by atoms with Crippen molar-refractivity contribution >= 4 is 11.0 Å². The van der Waals surface area contributed by atoms with Crippen molar-refractivity contribution < 1.29 is 4.42 Å². The van der Waals surface area contributed by atoms with Crippen LogP contribution in [0.25, 0.3) is 11.0 Å². The first-order valence-electron chi connectivity index (χ1n) is 5.76. The van der Waals surface area contributed by atoms with Crippen LogP contribution in [0, 0.1) is 19.8 Å². The number of hydrogen-bond acceptors (Lipinski definition) is 2. The van der Waals surface area contributed by atoms with Gasteiger partial charge in [0.15, 0.2) is 0 Å². The fourth-order valence-corrected chi connectivity index (χ4v) is 1.97. The van der Waals surface area contributed by atoms with E-state index in [2.05, 4.69) is 39.8 Å². The molecule has 86 valence electrons. The monoisotopic (exact) mass is 217 g/mol. The molecule has 16 heavy (non-hydrogen) atoms. The third-order valence-electron chi connectivity index (χ3n) is 3.15. The molecule has 1 aromatic heterocycles. The second-order valence-corrected chi connectivity index (χ2v) is 4.86. The number of rotatable bonds is 2. The van der Waals surface area contributed by atoms with Crippen LogP contribution in [0.3, 0.4) is 0 Å². The van der Waals surface area contributed by atoms with Crippen LogP contribution in [0.2, 0.25) is 0 Å². The SMILES string of the molecule is Cc1ccc2oc(C(N)C(C)C)c(C)c2c1. The van der Waals surface area contributed by atoms with Crippen LogP contribution >= 0.6 is 0 Å². The van der Waals surface area contributed by atoms with Gasteiger partial charge in [-0.05, 0) is 37.5 Å². The van der Waals surface area contributed by atoms with Crippen LogP contribution in [0.4, 0.5) is 0 Å². The normalized spacial score (nSPS) is 13.6. The highest BCUT2D eigenvalue weighted by Crippen LogP contribution is 2.31. The molecule has 0 fully saturated rings. The van der Waals surface area contributed by atoms with Gasteiger partial charge in [0.1, 0.15) is 11.3 Å². The van der Waals surface area contributed by atoms with Crippen LogP contribution in [0.15, 0.2) is 22.6 Å². The van der Waals surface area contributed by atoms with E-state index in [0.717, 1.165) is 11.3 Å². The predicted octanol–water partition coefficient (Wildman–Crippen LogP) is 3.71. The van der Waals surface area contributed by atoms with Gasteiger partial charge in [0, 0.05) is 5.39 Å². The number of benzene rings is 1. The number of aryl methyl sites for hydroxylation is 2. The summed E-state index contributed by atoms with van der Waals surface area (Å²) in [7, 11) is 0. The highest BCUT2D eigenvalue weighted by Gasteiger charge is 2.19. The minimum atomic E-state index is -0.0206. The predicted molar refractivity (Wildman–Crippen MR) is 67.5 cm³/mol. The second kappa shape index (κ2) is 3.95. The Morgan fingerprint density at radius 2 is 1.88 bits per heavy atom. The number of hydrogen-bond donors (Lipinski definition) is 1. The van der Waals surface area contributed by atoms with E-state index in [1.54, 1.807) is 0 Å². The van der Waals surface area contributed by atoms with Crippen molar-refractivity contribution in [2.45, 2.75) is 33.7 Å². The maximum atomic E-state index is 6.15. The van der Waals surface area contributed by atoms with E-state index in [-0.39, 0.29) is 6.04 Å². The van der Waals surface area contributed by atoms with Crippen molar-refractivity contribution in [1.82, 2.24) is 0 Å². The number of fused-ring (bicyclic) bond motifs is 1. The lowest BCUT2D eigenvalue weighted by molar-refractivity contribution is 0.415. The molecule has 1 atom stereocenters. The number of furan rings is 1. The zero-order chi connectivity index (χ0) is 11.9. The van der Waals surface area contributed by atoms with Crippen molar-refractivity contribution in [3.05, 3.63) is 35.1 Å². The molecule has 0 aliphatic carbocycles. The first-order valence-corrected chi connectivity index (χ1v) is 5.76. The molecule has 0 spiro atoms. The topological polar surface area (TPSA) is 39.2 Å². The first kappa shape index (κ1) is 11.2.